The quantitative estimate of drug-likeness (QED) is 0.498. The van der Waals surface area contributed by atoms with Crippen LogP contribution in [-0.2, 0) is 13.3 Å². The van der Waals surface area contributed by atoms with Gasteiger partial charge in [0.1, 0.15) is 0 Å². The summed E-state index contributed by atoms with van der Waals surface area (Å²) in [5.74, 6) is 0.881. The molecule has 0 aliphatic carbocycles. The normalized spacial score (nSPS) is 15.0. The minimum absolute atomic E-state index is 0.103. The molecule has 1 N–H and O–H groups in total. The maximum absolute atomic E-state index is 6.44. The van der Waals surface area contributed by atoms with Crippen LogP contribution in [0.4, 0.5) is 0 Å². The SMILES string of the molecule is CC(C)(C)NCCS[Si](OC(C)(C)C)(OC(C)(C)C)OC(C)(C)C. The predicted molar refractivity (Wildman–Crippen MR) is 108 cm³/mol. The molecular formula is C18H41NO3SSi. The van der Waals surface area contributed by atoms with Gasteiger partial charge in [0.25, 0.3) is 0 Å². The van der Waals surface area contributed by atoms with Crippen LogP contribution in [0, 0.1) is 0 Å². The van der Waals surface area contributed by atoms with Crippen molar-refractivity contribution < 1.29 is 13.3 Å². The lowest BCUT2D eigenvalue weighted by Crippen LogP contribution is -2.55. The van der Waals surface area contributed by atoms with Crippen molar-refractivity contribution in [1.82, 2.24) is 5.32 Å². The second kappa shape index (κ2) is 8.40. The molecule has 0 spiro atoms. The summed E-state index contributed by atoms with van der Waals surface area (Å²) in [6, 6.07) is 0. The Labute approximate surface area is 155 Å². The van der Waals surface area contributed by atoms with Crippen molar-refractivity contribution in [3.05, 3.63) is 0 Å². The summed E-state index contributed by atoms with van der Waals surface area (Å²) >= 11 is 1.70. The van der Waals surface area contributed by atoms with Crippen molar-refractivity contribution in [2.75, 3.05) is 12.3 Å². The van der Waals surface area contributed by atoms with E-state index in [1.54, 1.807) is 11.2 Å². The summed E-state index contributed by atoms with van der Waals surface area (Å²) in [7, 11) is -2.92. The highest BCUT2D eigenvalue weighted by atomic mass is 32.4. The fourth-order valence-electron chi connectivity index (χ4n) is 1.88. The first-order valence-corrected chi connectivity index (χ1v) is 12.3. The Morgan fingerprint density at radius 3 is 1.25 bits per heavy atom. The molecule has 0 rings (SSSR count). The van der Waals surface area contributed by atoms with E-state index in [2.05, 4.69) is 88.4 Å². The van der Waals surface area contributed by atoms with Gasteiger partial charge < -0.3 is 18.6 Å². The highest BCUT2D eigenvalue weighted by Crippen LogP contribution is 2.36. The van der Waals surface area contributed by atoms with Gasteiger partial charge in [0.2, 0.25) is 0 Å². The standard InChI is InChI=1S/C18H41NO3SSi/c1-15(2,3)19-13-14-23-24(20-16(4,5)6,21-17(7,8)9)22-18(10,11)12/h19H,13-14H2,1-12H3. The zero-order valence-electron chi connectivity index (χ0n) is 18.0. The van der Waals surface area contributed by atoms with Crippen LogP contribution < -0.4 is 5.32 Å². The zero-order valence-corrected chi connectivity index (χ0v) is 19.9. The molecule has 0 saturated carbocycles. The van der Waals surface area contributed by atoms with Crippen LogP contribution in [0.15, 0.2) is 0 Å². The lowest BCUT2D eigenvalue weighted by Gasteiger charge is -2.42. The van der Waals surface area contributed by atoms with Gasteiger partial charge in [0.05, 0.1) is 16.8 Å². The second-order valence-corrected chi connectivity index (χ2v) is 14.8. The van der Waals surface area contributed by atoms with E-state index in [0.717, 1.165) is 12.3 Å². The number of hydrogen-bond acceptors (Lipinski definition) is 5. The molecule has 0 aromatic heterocycles. The van der Waals surface area contributed by atoms with Gasteiger partial charge in [-0.3, -0.25) is 0 Å². The Kier molecular flexibility index (Phi) is 8.54. The molecule has 146 valence electrons. The predicted octanol–water partition coefficient (Wildman–Crippen LogP) is 4.99. The van der Waals surface area contributed by atoms with E-state index in [1.807, 2.05) is 0 Å². The molecule has 0 aromatic rings. The fraction of sp³-hybridized carbons (Fsp3) is 1.00. The molecule has 0 bridgehead atoms. The number of nitrogens with one attached hydrogen (secondary N) is 1. The third kappa shape index (κ3) is 13.7. The van der Waals surface area contributed by atoms with E-state index in [1.165, 1.54) is 0 Å². The summed E-state index contributed by atoms with van der Waals surface area (Å²) in [6.07, 6.45) is 0. The molecule has 24 heavy (non-hydrogen) atoms. The van der Waals surface area contributed by atoms with E-state index in [0.29, 0.717) is 0 Å². The molecule has 0 aromatic carbocycles. The Balaban J connectivity index is 5.31. The van der Waals surface area contributed by atoms with Crippen molar-refractivity contribution in [3.63, 3.8) is 0 Å². The van der Waals surface area contributed by atoms with Crippen LogP contribution >= 0.6 is 11.2 Å². The Morgan fingerprint density at radius 2 is 1.00 bits per heavy atom. The van der Waals surface area contributed by atoms with E-state index in [4.69, 9.17) is 13.3 Å². The first-order valence-electron chi connectivity index (χ1n) is 8.82. The van der Waals surface area contributed by atoms with Gasteiger partial charge in [-0.05, 0) is 83.1 Å². The molecule has 0 fully saturated rings. The maximum atomic E-state index is 6.44. The van der Waals surface area contributed by atoms with Crippen LogP contribution in [0.5, 0.6) is 0 Å². The average molecular weight is 380 g/mol. The summed E-state index contributed by atoms with van der Waals surface area (Å²) in [4.78, 5) is 0. The van der Waals surface area contributed by atoms with Crippen LogP contribution in [0.2, 0.25) is 0 Å². The molecule has 0 aliphatic rings. The Hall–Kier alpha value is 0.407. The third-order valence-electron chi connectivity index (χ3n) is 2.33. The molecule has 4 nitrogen and oxygen atoms in total. The minimum atomic E-state index is -2.92. The van der Waals surface area contributed by atoms with Gasteiger partial charge in [-0.15, -0.1) is 0 Å². The van der Waals surface area contributed by atoms with E-state index < -0.39 is 7.95 Å². The summed E-state index contributed by atoms with van der Waals surface area (Å²) < 4.78 is 19.3. The van der Waals surface area contributed by atoms with E-state index >= 15 is 0 Å². The topological polar surface area (TPSA) is 39.7 Å². The molecule has 0 amide bonds. The molecule has 0 unspecified atom stereocenters. The van der Waals surface area contributed by atoms with Crippen LogP contribution in [0.25, 0.3) is 0 Å². The summed E-state index contributed by atoms with van der Waals surface area (Å²) in [5, 5.41) is 3.52. The fourth-order valence-corrected chi connectivity index (χ4v) is 8.72. The monoisotopic (exact) mass is 379 g/mol. The molecule has 0 atom stereocenters. The van der Waals surface area contributed by atoms with Gasteiger partial charge in [0, 0.05) is 17.8 Å². The summed E-state index contributed by atoms with van der Waals surface area (Å²) in [6.45, 7) is 25.9. The van der Waals surface area contributed by atoms with Crippen molar-refractivity contribution >= 4 is 19.2 Å². The Bertz CT molecular complexity index is 335. The van der Waals surface area contributed by atoms with E-state index in [-0.39, 0.29) is 22.3 Å². The number of hydrogen-bond donors (Lipinski definition) is 1. The van der Waals surface area contributed by atoms with E-state index in [9.17, 15) is 0 Å². The largest absolute Gasteiger partial charge is 0.574 e. The zero-order chi connectivity index (χ0) is 19.4. The lowest BCUT2D eigenvalue weighted by atomic mass is 10.1. The third-order valence-corrected chi connectivity index (χ3v) is 8.10. The highest BCUT2D eigenvalue weighted by molar-refractivity contribution is 8.26. The minimum Gasteiger partial charge on any atom is -0.360 e. The van der Waals surface area contributed by atoms with Crippen molar-refractivity contribution in [2.24, 2.45) is 0 Å². The average Bonchev–Trinajstić information content (AvgIpc) is 2.14. The first kappa shape index (κ1) is 24.4. The van der Waals surface area contributed by atoms with Crippen molar-refractivity contribution in [1.29, 1.82) is 0 Å². The number of rotatable bonds is 7. The van der Waals surface area contributed by atoms with Crippen molar-refractivity contribution in [2.45, 2.75) is 105 Å². The second-order valence-electron chi connectivity index (χ2n) is 10.2. The maximum Gasteiger partial charge on any atom is 0.574 e. The van der Waals surface area contributed by atoms with Gasteiger partial charge in [0.15, 0.2) is 0 Å². The van der Waals surface area contributed by atoms with Gasteiger partial charge >= 0.3 is 7.95 Å². The molecular weight excluding hydrogens is 338 g/mol. The highest BCUT2D eigenvalue weighted by Gasteiger charge is 2.51. The van der Waals surface area contributed by atoms with Crippen LogP contribution in [0.3, 0.4) is 0 Å². The van der Waals surface area contributed by atoms with Gasteiger partial charge in [-0.2, -0.15) is 0 Å². The van der Waals surface area contributed by atoms with Crippen molar-refractivity contribution in [3.8, 4) is 0 Å². The van der Waals surface area contributed by atoms with Gasteiger partial charge in [-0.25, -0.2) is 0 Å². The van der Waals surface area contributed by atoms with Gasteiger partial charge in [-0.1, -0.05) is 11.2 Å². The molecule has 0 saturated heterocycles. The first-order chi connectivity index (χ1) is 10.3. The molecule has 0 heterocycles. The molecule has 0 radical (unpaired) electrons. The smallest absolute Gasteiger partial charge is 0.360 e. The lowest BCUT2D eigenvalue weighted by molar-refractivity contribution is -0.0578. The summed E-state index contributed by atoms with van der Waals surface area (Å²) in [5.41, 5.74) is -0.876. The van der Waals surface area contributed by atoms with Crippen LogP contribution in [-0.4, -0.2) is 42.6 Å². The molecule has 6 heteroatoms. The van der Waals surface area contributed by atoms with Crippen LogP contribution in [0.1, 0.15) is 83.1 Å². The Morgan fingerprint density at radius 1 is 0.667 bits per heavy atom. The molecule has 0 aliphatic heterocycles.